The average molecular weight is 409 g/mol. The van der Waals surface area contributed by atoms with E-state index in [4.69, 9.17) is 11.6 Å². The molecule has 0 radical (unpaired) electrons. The zero-order valence-electron chi connectivity index (χ0n) is 15.8. The van der Waals surface area contributed by atoms with Crippen molar-refractivity contribution < 1.29 is 13.2 Å². The molecule has 146 valence electrons. The molecule has 0 aromatic heterocycles. The van der Waals surface area contributed by atoms with E-state index in [1.165, 1.54) is 0 Å². The summed E-state index contributed by atoms with van der Waals surface area (Å²) < 4.78 is 25.7. The standard InChI is InChI=1S/C20H25ClN2O3S/c1-15-6-4-8-19(14-15)23(27(3,25)26)16(2)20(24)22-13-5-7-17-9-11-18(21)12-10-17/h4,6,8-12,14,16H,5,7,13H2,1-3H3,(H,22,24). The Balaban J connectivity index is 1.97. The van der Waals surface area contributed by atoms with Crippen LogP contribution in [0.2, 0.25) is 5.02 Å². The molecule has 27 heavy (non-hydrogen) atoms. The fraction of sp³-hybridized carbons (Fsp3) is 0.350. The van der Waals surface area contributed by atoms with Crippen LogP contribution in [0.25, 0.3) is 0 Å². The molecular formula is C20H25ClN2O3S. The first-order chi connectivity index (χ1) is 12.7. The van der Waals surface area contributed by atoms with Crippen LogP contribution >= 0.6 is 11.6 Å². The molecule has 0 aliphatic rings. The Labute approximate surface area is 166 Å². The molecule has 1 atom stereocenters. The van der Waals surface area contributed by atoms with Crippen LogP contribution in [0.15, 0.2) is 48.5 Å². The van der Waals surface area contributed by atoms with Crippen molar-refractivity contribution in [3.05, 3.63) is 64.7 Å². The largest absolute Gasteiger partial charge is 0.354 e. The molecule has 5 nitrogen and oxygen atoms in total. The third-order valence-corrected chi connectivity index (χ3v) is 5.69. The molecule has 0 saturated carbocycles. The van der Waals surface area contributed by atoms with Gasteiger partial charge in [0.1, 0.15) is 6.04 Å². The summed E-state index contributed by atoms with van der Waals surface area (Å²) in [6.07, 6.45) is 2.67. The third-order valence-electron chi connectivity index (χ3n) is 4.20. The van der Waals surface area contributed by atoms with Crippen molar-refractivity contribution in [2.45, 2.75) is 32.7 Å². The van der Waals surface area contributed by atoms with E-state index in [-0.39, 0.29) is 5.91 Å². The van der Waals surface area contributed by atoms with Crippen LogP contribution in [0.3, 0.4) is 0 Å². The van der Waals surface area contributed by atoms with E-state index in [1.54, 1.807) is 25.1 Å². The number of sulfonamides is 1. The summed E-state index contributed by atoms with van der Waals surface area (Å²) in [4.78, 5) is 12.5. The van der Waals surface area contributed by atoms with Gasteiger partial charge in [-0.15, -0.1) is 0 Å². The minimum atomic E-state index is -3.60. The summed E-state index contributed by atoms with van der Waals surface area (Å²) in [5.74, 6) is -0.321. The van der Waals surface area contributed by atoms with Crippen LogP contribution in [0.5, 0.6) is 0 Å². The fourth-order valence-corrected chi connectivity index (χ4v) is 4.17. The highest BCUT2D eigenvalue weighted by Gasteiger charge is 2.28. The maximum absolute atomic E-state index is 12.5. The van der Waals surface area contributed by atoms with Gasteiger partial charge in [0.15, 0.2) is 0 Å². The van der Waals surface area contributed by atoms with Gasteiger partial charge >= 0.3 is 0 Å². The number of anilines is 1. The predicted molar refractivity (Wildman–Crippen MR) is 111 cm³/mol. The highest BCUT2D eigenvalue weighted by Crippen LogP contribution is 2.22. The lowest BCUT2D eigenvalue weighted by molar-refractivity contribution is -0.121. The quantitative estimate of drug-likeness (QED) is 0.679. The molecule has 1 amide bonds. The summed E-state index contributed by atoms with van der Waals surface area (Å²) in [5.41, 5.74) is 2.55. The Bertz CT molecular complexity index is 882. The summed E-state index contributed by atoms with van der Waals surface area (Å²) in [5, 5.41) is 3.52. The summed E-state index contributed by atoms with van der Waals surface area (Å²) in [6, 6.07) is 13.9. The molecule has 0 fully saturated rings. The molecule has 2 rings (SSSR count). The molecule has 1 unspecified atom stereocenters. The van der Waals surface area contributed by atoms with Crippen molar-refractivity contribution in [3.8, 4) is 0 Å². The lowest BCUT2D eigenvalue weighted by Crippen LogP contribution is -2.48. The molecule has 0 heterocycles. The van der Waals surface area contributed by atoms with Gasteiger partial charge in [-0.1, -0.05) is 35.9 Å². The highest BCUT2D eigenvalue weighted by atomic mass is 35.5. The van der Waals surface area contributed by atoms with E-state index < -0.39 is 16.1 Å². The number of carbonyl (C=O) groups is 1. The highest BCUT2D eigenvalue weighted by molar-refractivity contribution is 7.92. The second-order valence-corrected chi connectivity index (χ2v) is 8.89. The monoisotopic (exact) mass is 408 g/mol. The van der Waals surface area contributed by atoms with E-state index in [1.807, 2.05) is 37.3 Å². The van der Waals surface area contributed by atoms with E-state index >= 15 is 0 Å². The summed E-state index contributed by atoms with van der Waals surface area (Å²) >= 11 is 5.87. The normalized spacial score (nSPS) is 12.4. The lowest BCUT2D eigenvalue weighted by Gasteiger charge is -2.28. The number of nitrogens with one attached hydrogen (secondary N) is 1. The second kappa shape index (κ2) is 9.24. The number of amides is 1. The molecule has 0 spiro atoms. The maximum Gasteiger partial charge on any atom is 0.243 e. The molecule has 0 bridgehead atoms. The molecular weight excluding hydrogens is 384 g/mol. The number of carbonyl (C=O) groups excluding carboxylic acids is 1. The van der Waals surface area contributed by atoms with E-state index in [0.29, 0.717) is 17.3 Å². The van der Waals surface area contributed by atoms with Gasteiger partial charge in [0.25, 0.3) is 0 Å². The number of hydrogen-bond acceptors (Lipinski definition) is 3. The lowest BCUT2D eigenvalue weighted by atomic mass is 10.1. The van der Waals surface area contributed by atoms with Crippen LogP contribution in [-0.2, 0) is 21.2 Å². The Hall–Kier alpha value is -2.05. The third kappa shape index (κ3) is 6.26. The molecule has 0 saturated heterocycles. The van der Waals surface area contributed by atoms with Crippen LogP contribution in [0.1, 0.15) is 24.5 Å². The number of hydrogen-bond donors (Lipinski definition) is 1. The minimum absolute atomic E-state index is 0.321. The number of rotatable bonds is 8. The fourth-order valence-electron chi connectivity index (χ4n) is 2.88. The van der Waals surface area contributed by atoms with Crippen molar-refractivity contribution in [2.24, 2.45) is 0 Å². The topological polar surface area (TPSA) is 66.5 Å². The Morgan fingerprint density at radius 3 is 2.44 bits per heavy atom. The van der Waals surface area contributed by atoms with Gasteiger partial charge in [0.2, 0.25) is 15.9 Å². The first-order valence-electron chi connectivity index (χ1n) is 8.76. The Morgan fingerprint density at radius 2 is 1.85 bits per heavy atom. The van der Waals surface area contributed by atoms with Crippen molar-refractivity contribution in [2.75, 3.05) is 17.1 Å². The van der Waals surface area contributed by atoms with Gasteiger partial charge in [0.05, 0.1) is 11.9 Å². The zero-order valence-corrected chi connectivity index (χ0v) is 17.3. The molecule has 7 heteroatoms. The SMILES string of the molecule is Cc1cccc(N(C(C)C(=O)NCCCc2ccc(Cl)cc2)S(C)(=O)=O)c1. The summed E-state index contributed by atoms with van der Waals surface area (Å²) in [7, 11) is -3.60. The average Bonchev–Trinajstić information content (AvgIpc) is 2.59. The van der Waals surface area contributed by atoms with Crippen molar-refractivity contribution in [1.29, 1.82) is 0 Å². The van der Waals surface area contributed by atoms with Crippen LogP contribution in [0, 0.1) is 6.92 Å². The Kier molecular flexibility index (Phi) is 7.27. The van der Waals surface area contributed by atoms with Gasteiger partial charge in [-0.2, -0.15) is 0 Å². The van der Waals surface area contributed by atoms with Gasteiger partial charge in [-0.05, 0) is 62.1 Å². The van der Waals surface area contributed by atoms with E-state index in [9.17, 15) is 13.2 Å². The maximum atomic E-state index is 12.5. The van der Waals surface area contributed by atoms with Gasteiger partial charge in [-0.3, -0.25) is 9.10 Å². The molecule has 0 aliphatic heterocycles. The van der Waals surface area contributed by atoms with E-state index in [2.05, 4.69) is 5.32 Å². The summed E-state index contributed by atoms with van der Waals surface area (Å²) in [6.45, 7) is 3.95. The number of halogens is 1. The number of aryl methyl sites for hydroxylation is 2. The van der Waals surface area contributed by atoms with Crippen molar-refractivity contribution >= 4 is 33.2 Å². The minimum Gasteiger partial charge on any atom is -0.354 e. The van der Waals surface area contributed by atoms with Crippen molar-refractivity contribution in [3.63, 3.8) is 0 Å². The second-order valence-electron chi connectivity index (χ2n) is 6.59. The number of benzene rings is 2. The zero-order chi connectivity index (χ0) is 20.0. The van der Waals surface area contributed by atoms with Crippen LogP contribution in [0.4, 0.5) is 5.69 Å². The van der Waals surface area contributed by atoms with Gasteiger partial charge in [0, 0.05) is 11.6 Å². The van der Waals surface area contributed by atoms with Crippen LogP contribution < -0.4 is 9.62 Å². The first-order valence-corrected chi connectivity index (χ1v) is 11.0. The van der Waals surface area contributed by atoms with E-state index in [0.717, 1.165) is 34.5 Å². The van der Waals surface area contributed by atoms with Gasteiger partial charge < -0.3 is 5.32 Å². The smallest absolute Gasteiger partial charge is 0.243 e. The van der Waals surface area contributed by atoms with Gasteiger partial charge in [-0.25, -0.2) is 8.42 Å². The van der Waals surface area contributed by atoms with Crippen molar-refractivity contribution in [1.82, 2.24) is 5.32 Å². The van der Waals surface area contributed by atoms with Crippen LogP contribution in [-0.4, -0.2) is 33.2 Å². The molecule has 2 aromatic rings. The molecule has 1 N–H and O–H groups in total. The molecule has 2 aromatic carbocycles. The molecule has 0 aliphatic carbocycles. The first kappa shape index (κ1) is 21.3. The predicted octanol–water partition coefficient (Wildman–Crippen LogP) is 3.55. The number of nitrogens with zero attached hydrogens (tertiary/aromatic N) is 1. The Morgan fingerprint density at radius 1 is 1.19 bits per heavy atom.